The van der Waals surface area contributed by atoms with Crippen LogP contribution in [0.3, 0.4) is 0 Å². The van der Waals surface area contributed by atoms with Crippen molar-refractivity contribution < 1.29 is 0 Å². The Bertz CT molecular complexity index is 482. The number of benzene rings is 1. The summed E-state index contributed by atoms with van der Waals surface area (Å²) in [6, 6.07) is 10.5. The second-order valence-corrected chi connectivity index (χ2v) is 6.62. The van der Waals surface area contributed by atoms with Gasteiger partial charge in [-0.05, 0) is 12.2 Å². The molecule has 1 aromatic heterocycles. The van der Waals surface area contributed by atoms with Gasteiger partial charge < -0.3 is 5.73 Å². The van der Waals surface area contributed by atoms with Crippen molar-refractivity contribution in [1.29, 1.82) is 0 Å². The van der Waals surface area contributed by atoms with E-state index in [2.05, 4.69) is 29.4 Å². The Morgan fingerprint density at radius 1 is 1.32 bits per heavy atom. The van der Waals surface area contributed by atoms with Crippen molar-refractivity contribution in [2.24, 2.45) is 5.73 Å². The molecule has 0 aliphatic rings. The first-order valence-corrected chi connectivity index (χ1v) is 8.66. The molecule has 0 bridgehead atoms. The molecule has 0 aliphatic heterocycles. The molecule has 1 unspecified atom stereocenters. The van der Waals surface area contributed by atoms with E-state index in [4.69, 9.17) is 5.73 Å². The third-order valence-electron chi connectivity index (χ3n) is 2.74. The number of hydrogen-bond donors (Lipinski definition) is 1. The van der Waals surface area contributed by atoms with Gasteiger partial charge in [-0.15, -0.1) is 11.3 Å². The molecular formula is C15H20N2S2. The van der Waals surface area contributed by atoms with Gasteiger partial charge in [-0.1, -0.05) is 37.3 Å². The zero-order chi connectivity index (χ0) is 13.5. The molecule has 0 aliphatic carbocycles. The zero-order valence-electron chi connectivity index (χ0n) is 11.2. The van der Waals surface area contributed by atoms with Gasteiger partial charge in [0.25, 0.3) is 0 Å². The van der Waals surface area contributed by atoms with Crippen LogP contribution in [0.25, 0.3) is 11.3 Å². The fourth-order valence-electron chi connectivity index (χ4n) is 1.81. The van der Waals surface area contributed by atoms with Gasteiger partial charge in [0.1, 0.15) is 0 Å². The van der Waals surface area contributed by atoms with Crippen molar-refractivity contribution in [3.63, 3.8) is 0 Å². The van der Waals surface area contributed by atoms with Crippen LogP contribution in [-0.4, -0.2) is 22.5 Å². The molecular weight excluding hydrogens is 272 g/mol. The molecule has 0 saturated heterocycles. The number of thioether (sulfide) groups is 1. The maximum Gasteiger partial charge on any atom is 0.0948 e. The summed E-state index contributed by atoms with van der Waals surface area (Å²) in [6.07, 6.45) is 2.10. The summed E-state index contributed by atoms with van der Waals surface area (Å²) in [4.78, 5) is 4.68. The zero-order valence-corrected chi connectivity index (χ0v) is 12.8. The summed E-state index contributed by atoms with van der Waals surface area (Å²) in [7, 11) is 0. The van der Waals surface area contributed by atoms with Crippen molar-refractivity contribution in [1.82, 2.24) is 4.98 Å². The lowest BCUT2D eigenvalue weighted by Gasteiger charge is -2.08. The van der Waals surface area contributed by atoms with Gasteiger partial charge in [-0.2, -0.15) is 11.8 Å². The maximum absolute atomic E-state index is 6.14. The summed E-state index contributed by atoms with van der Waals surface area (Å²) in [5, 5.41) is 3.26. The molecule has 1 aromatic carbocycles. The normalized spacial score (nSPS) is 12.5. The van der Waals surface area contributed by atoms with Crippen LogP contribution in [0.5, 0.6) is 0 Å². The topological polar surface area (TPSA) is 38.9 Å². The smallest absolute Gasteiger partial charge is 0.0948 e. The molecule has 0 amide bonds. The van der Waals surface area contributed by atoms with Crippen LogP contribution in [0, 0.1) is 0 Å². The molecule has 0 radical (unpaired) electrons. The summed E-state index contributed by atoms with van der Waals surface area (Å²) >= 11 is 3.65. The van der Waals surface area contributed by atoms with E-state index >= 15 is 0 Å². The Labute approximate surface area is 123 Å². The molecule has 1 heterocycles. The molecule has 0 fully saturated rings. The average Bonchev–Trinajstić information content (AvgIpc) is 2.88. The fourth-order valence-corrected chi connectivity index (χ4v) is 3.58. The second-order valence-electron chi connectivity index (χ2n) is 4.53. The van der Waals surface area contributed by atoms with Crippen LogP contribution >= 0.6 is 23.1 Å². The third kappa shape index (κ3) is 4.64. The van der Waals surface area contributed by atoms with Gasteiger partial charge in [0, 0.05) is 29.2 Å². The van der Waals surface area contributed by atoms with Crippen molar-refractivity contribution in [2.45, 2.75) is 25.8 Å². The molecule has 102 valence electrons. The quantitative estimate of drug-likeness (QED) is 0.788. The van der Waals surface area contributed by atoms with E-state index in [1.807, 2.05) is 30.0 Å². The van der Waals surface area contributed by atoms with E-state index in [-0.39, 0.29) is 6.04 Å². The lowest BCUT2D eigenvalue weighted by atomic mass is 10.2. The highest BCUT2D eigenvalue weighted by atomic mass is 32.2. The van der Waals surface area contributed by atoms with Gasteiger partial charge in [-0.3, -0.25) is 0 Å². The molecule has 2 N–H and O–H groups in total. The minimum atomic E-state index is 0.214. The molecule has 1 atom stereocenters. The summed E-state index contributed by atoms with van der Waals surface area (Å²) in [5.41, 5.74) is 8.38. The lowest BCUT2D eigenvalue weighted by molar-refractivity contribution is 0.744. The first kappa shape index (κ1) is 14.6. The number of thiazole rings is 1. The summed E-state index contributed by atoms with van der Waals surface area (Å²) in [6.45, 7) is 2.20. The number of nitrogens with two attached hydrogens (primary N) is 1. The van der Waals surface area contributed by atoms with E-state index in [1.54, 1.807) is 11.3 Å². The van der Waals surface area contributed by atoms with Crippen LogP contribution in [0.4, 0.5) is 0 Å². The van der Waals surface area contributed by atoms with Crippen LogP contribution in [0.2, 0.25) is 0 Å². The predicted molar refractivity (Wildman–Crippen MR) is 86.8 cm³/mol. The number of nitrogens with zero attached hydrogens (tertiary/aromatic N) is 1. The van der Waals surface area contributed by atoms with E-state index < -0.39 is 0 Å². The van der Waals surface area contributed by atoms with Gasteiger partial charge in [0.2, 0.25) is 0 Å². The third-order valence-corrected chi connectivity index (χ3v) is 4.97. The summed E-state index contributed by atoms with van der Waals surface area (Å²) in [5.74, 6) is 2.22. The van der Waals surface area contributed by atoms with Gasteiger partial charge in [0.15, 0.2) is 0 Å². The largest absolute Gasteiger partial charge is 0.327 e. The highest BCUT2D eigenvalue weighted by molar-refractivity contribution is 7.99. The van der Waals surface area contributed by atoms with Crippen LogP contribution < -0.4 is 5.73 Å². The predicted octanol–water partition coefficient (Wildman–Crippen LogP) is 3.82. The monoisotopic (exact) mass is 292 g/mol. The van der Waals surface area contributed by atoms with Crippen molar-refractivity contribution in [3.05, 3.63) is 40.7 Å². The van der Waals surface area contributed by atoms with Crippen LogP contribution in [-0.2, 0) is 6.42 Å². The minimum absolute atomic E-state index is 0.214. The molecule has 4 heteroatoms. The minimum Gasteiger partial charge on any atom is -0.327 e. The Kier molecular flexibility index (Phi) is 5.89. The van der Waals surface area contributed by atoms with E-state index in [9.17, 15) is 0 Å². The highest BCUT2D eigenvalue weighted by Gasteiger charge is 2.09. The molecule has 2 aromatic rings. The molecule has 19 heavy (non-hydrogen) atoms. The fraction of sp³-hybridized carbons (Fsp3) is 0.400. The SMILES string of the molecule is CCCSCC(N)Cc1nc(-c2ccccc2)cs1. The van der Waals surface area contributed by atoms with E-state index in [0.29, 0.717) is 0 Å². The van der Waals surface area contributed by atoms with Crippen molar-refractivity contribution in [3.8, 4) is 11.3 Å². The van der Waals surface area contributed by atoms with Gasteiger partial charge in [-0.25, -0.2) is 4.98 Å². The number of rotatable bonds is 7. The van der Waals surface area contributed by atoms with E-state index in [0.717, 1.165) is 22.9 Å². The Balaban J connectivity index is 1.91. The lowest BCUT2D eigenvalue weighted by Crippen LogP contribution is -2.25. The van der Waals surface area contributed by atoms with Crippen molar-refractivity contribution >= 4 is 23.1 Å². The summed E-state index contributed by atoms with van der Waals surface area (Å²) < 4.78 is 0. The van der Waals surface area contributed by atoms with E-state index in [1.165, 1.54) is 17.7 Å². The highest BCUT2D eigenvalue weighted by Crippen LogP contribution is 2.22. The standard InChI is InChI=1S/C15H20N2S2/c1-2-8-18-10-13(16)9-15-17-14(11-19-15)12-6-4-3-5-7-12/h3-7,11,13H,2,8-10,16H2,1H3. The average molecular weight is 292 g/mol. The Morgan fingerprint density at radius 2 is 2.11 bits per heavy atom. The molecule has 0 saturated carbocycles. The van der Waals surface area contributed by atoms with Crippen LogP contribution in [0.1, 0.15) is 18.4 Å². The van der Waals surface area contributed by atoms with Gasteiger partial charge >= 0.3 is 0 Å². The second kappa shape index (κ2) is 7.68. The Morgan fingerprint density at radius 3 is 2.84 bits per heavy atom. The maximum atomic E-state index is 6.14. The number of aromatic nitrogens is 1. The first-order chi connectivity index (χ1) is 9.29. The number of hydrogen-bond acceptors (Lipinski definition) is 4. The van der Waals surface area contributed by atoms with Crippen molar-refractivity contribution in [2.75, 3.05) is 11.5 Å². The Hall–Kier alpha value is -0.840. The molecule has 0 spiro atoms. The first-order valence-electron chi connectivity index (χ1n) is 6.62. The van der Waals surface area contributed by atoms with Crippen LogP contribution in [0.15, 0.2) is 35.7 Å². The van der Waals surface area contributed by atoms with Gasteiger partial charge in [0.05, 0.1) is 10.7 Å². The molecule has 2 rings (SSSR count). The molecule has 2 nitrogen and oxygen atoms in total.